The first-order valence-electron chi connectivity index (χ1n) is 6.60. The summed E-state index contributed by atoms with van der Waals surface area (Å²) in [5.74, 6) is 1.77. The van der Waals surface area contributed by atoms with E-state index in [1.54, 1.807) is 0 Å². The normalized spacial score (nSPS) is 11.7. The zero-order valence-corrected chi connectivity index (χ0v) is 12.7. The molecule has 1 aromatic heterocycles. The highest BCUT2D eigenvalue weighted by atomic mass is 16.5. The Balaban J connectivity index is 2.12. The van der Waals surface area contributed by atoms with Crippen molar-refractivity contribution in [3.63, 3.8) is 0 Å². The Kier molecular flexibility index (Phi) is 3.81. The molecule has 1 heterocycles. The number of ether oxygens (including phenoxy) is 1. The first-order valence-corrected chi connectivity index (χ1v) is 6.60. The molecular formula is C15H21N3O2. The van der Waals surface area contributed by atoms with Gasteiger partial charge in [0.25, 0.3) is 5.89 Å². The number of rotatable bonds is 4. The van der Waals surface area contributed by atoms with Crippen molar-refractivity contribution < 1.29 is 9.26 Å². The molecule has 0 aliphatic carbocycles. The number of nitrogens with zero attached hydrogens (tertiary/aromatic N) is 2. The van der Waals surface area contributed by atoms with Crippen molar-refractivity contribution in [1.29, 1.82) is 0 Å². The molecule has 108 valence electrons. The Morgan fingerprint density at radius 1 is 1.20 bits per heavy atom. The van der Waals surface area contributed by atoms with Gasteiger partial charge in [0.05, 0.1) is 5.54 Å². The fourth-order valence-electron chi connectivity index (χ4n) is 2.10. The van der Waals surface area contributed by atoms with Crippen molar-refractivity contribution in [2.24, 2.45) is 5.73 Å². The summed E-state index contributed by atoms with van der Waals surface area (Å²) in [5, 5.41) is 3.87. The Morgan fingerprint density at radius 2 is 1.80 bits per heavy atom. The van der Waals surface area contributed by atoms with Gasteiger partial charge in [-0.25, -0.2) is 0 Å². The maximum absolute atomic E-state index is 5.92. The van der Waals surface area contributed by atoms with E-state index >= 15 is 0 Å². The van der Waals surface area contributed by atoms with Gasteiger partial charge in [0.2, 0.25) is 0 Å². The van der Waals surface area contributed by atoms with Crippen LogP contribution >= 0.6 is 0 Å². The molecule has 0 unspecified atom stereocenters. The van der Waals surface area contributed by atoms with Gasteiger partial charge in [-0.3, -0.25) is 0 Å². The maximum atomic E-state index is 5.92. The van der Waals surface area contributed by atoms with E-state index in [2.05, 4.69) is 29.2 Å². The summed E-state index contributed by atoms with van der Waals surface area (Å²) < 4.78 is 10.9. The number of aromatic nitrogens is 2. The highest BCUT2D eigenvalue weighted by Gasteiger charge is 2.21. The molecule has 2 aromatic rings. The topological polar surface area (TPSA) is 74.2 Å². The third-order valence-corrected chi connectivity index (χ3v) is 2.99. The molecule has 5 heteroatoms. The molecule has 0 saturated heterocycles. The third kappa shape index (κ3) is 3.17. The average Bonchev–Trinajstić information content (AvgIpc) is 2.75. The molecule has 0 spiro atoms. The fraction of sp³-hybridized carbons (Fsp3) is 0.467. The van der Waals surface area contributed by atoms with Crippen LogP contribution in [0.1, 0.15) is 42.3 Å². The van der Waals surface area contributed by atoms with Crippen LogP contribution in [0, 0.1) is 20.8 Å². The Labute approximate surface area is 119 Å². The summed E-state index contributed by atoms with van der Waals surface area (Å²) in [6, 6.07) is 4.18. The molecule has 0 atom stereocenters. The van der Waals surface area contributed by atoms with E-state index in [9.17, 15) is 0 Å². The fourth-order valence-corrected chi connectivity index (χ4v) is 2.10. The highest BCUT2D eigenvalue weighted by molar-refractivity contribution is 5.42. The smallest absolute Gasteiger partial charge is 0.264 e. The zero-order chi connectivity index (χ0) is 14.9. The Morgan fingerprint density at radius 3 is 2.30 bits per heavy atom. The molecule has 0 radical (unpaired) electrons. The van der Waals surface area contributed by atoms with Crippen LogP contribution in [0.25, 0.3) is 0 Å². The summed E-state index contributed by atoms with van der Waals surface area (Å²) in [6.45, 7) is 10.0. The first kappa shape index (κ1) is 14.5. The molecule has 0 aliphatic rings. The quantitative estimate of drug-likeness (QED) is 0.928. The molecule has 2 N–H and O–H groups in total. The molecule has 20 heavy (non-hydrogen) atoms. The van der Waals surface area contributed by atoms with Crippen molar-refractivity contribution in [3.8, 4) is 5.75 Å². The summed E-state index contributed by atoms with van der Waals surface area (Å²) in [7, 11) is 0. The van der Waals surface area contributed by atoms with Gasteiger partial charge < -0.3 is 15.0 Å². The van der Waals surface area contributed by atoms with Crippen LogP contribution < -0.4 is 10.5 Å². The zero-order valence-electron chi connectivity index (χ0n) is 12.7. The number of aryl methyl sites for hydroxylation is 3. The van der Waals surface area contributed by atoms with Gasteiger partial charge in [-0.05, 0) is 45.7 Å². The second-order valence-electron chi connectivity index (χ2n) is 5.75. The van der Waals surface area contributed by atoms with Crippen LogP contribution in [0.5, 0.6) is 5.75 Å². The molecule has 0 saturated carbocycles. The second kappa shape index (κ2) is 5.25. The van der Waals surface area contributed by atoms with Crippen molar-refractivity contribution in [1.82, 2.24) is 10.1 Å². The van der Waals surface area contributed by atoms with Crippen molar-refractivity contribution in [2.75, 3.05) is 0 Å². The molecule has 0 aliphatic heterocycles. The van der Waals surface area contributed by atoms with Gasteiger partial charge in [-0.2, -0.15) is 4.98 Å². The molecule has 0 fully saturated rings. The summed E-state index contributed by atoms with van der Waals surface area (Å²) >= 11 is 0. The minimum absolute atomic E-state index is 0.244. The van der Waals surface area contributed by atoms with Crippen molar-refractivity contribution in [2.45, 2.75) is 46.8 Å². The Bertz CT molecular complexity index is 589. The third-order valence-electron chi connectivity index (χ3n) is 2.99. The number of benzene rings is 1. The molecule has 2 rings (SSSR count). The molecule has 0 amide bonds. The lowest BCUT2D eigenvalue weighted by Gasteiger charge is -2.12. The van der Waals surface area contributed by atoms with E-state index in [0.717, 1.165) is 16.9 Å². The standard InChI is InChI=1S/C15H21N3O2/c1-9-6-10(2)13(11(3)7-9)19-8-12-17-14(18-20-12)15(4,5)16/h6-7H,8,16H2,1-5H3. The summed E-state index contributed by atoms with van der Waals surface area (Å²) in [5.41, 5.74) is 8.72. The highest BCUT2D eigenvalue weighted by Crippen LogP contribution is 2.25. The lowest BCUT2D eigenvalue weighted by Crippen LogP contribution is -2.30. The van der Waals surface area contributed by atoms with Gasteiger partial charge in [-0.1, -0.05) is 22.9 Å². The average molecular weight is 275 g/mol. The van der Waals surface area contributed by atoms with Gasteiger partial charge in [0, 0.05) is 0 Å². The lowest BCUT2D eigenvalue weighted by molar-refractivity contribution is 0.239. The van der Waals surface area contributed by atoms with Crippen LogP contribution in [0.4, 0.5) is 0 Å². The van der Waals surface area contributed by atoms with Crippen molar-refractivity contribution >= 4 is 0 Å². The number of hydrogen-bond donors (Lipinski definition) is 1. The first-order chi connectivity index (χ1) is 9.27. The monoisotopic (exact) mass is 275 g/mol. The minimum atomic E-state index is -0.614. The van der Waals surface area contributed by atoms with E-state index in [1.165, 1.54) is 5.56 Å². The van der Waals surface area contributed by atoms with E-state index in [-0.39, 0.29) is 6.61 Å². The number of hydrogen-bond acceptors (Lipinski definition) is 5. The summed E-state index contributed by atoms with van der Waals surface area (Å²) in [4.78, 5) is 4.25. The van der Waals surface area contributed by atoms with Crippen LogP contribution in [-0.4, -0.2) is 10.1 Å². The second-order valence-corrected chi connectivity index (χ2v) is 5.75. The van der Waals surface area contributed by atoms with Crippen LogP contribution in [0.3, 0.4) is 0 Å². The van der Waals surface area contributed by atoms with Gasteiger partial charge in [-0.15, -0.1) is 0 Å². The largest absolute Gasteiger partial charge is 0.483 e. The number of nitrogens with two attached hydrogens (primary N) is 1. The van der Waals surface area contributed by atoms with Crippen LogP contribution in [0.2, 0.25) is 0 Å². The molecule has 0 bridgehead atoms. The summed E-state index contributed by atoms with van der Waals surface area (Å²) in [6.07, 6.45) is 0. The molecule has 1 aromatic carbocycles. The minimum Gasteiger partial charge on any atom is -0.483 e. The predicted molar refractivity (Wildman–Crippen MR) is 76.5 cm³/mol. The van der Waals surface area contributed by atoms with E-state index in [4.69, 9.17) is 15.0 Å². The van der Waals surface area contributed by atoms with Crippen LogP contribution in [0.15, 0.2) is 16.7 Å². The van der Waals surface area contributed by atoms with Crippen LogP contribution in [-0.2, 0) is 12.1 Å². The van der Waals surface area contributed by atoms with E-state index < -0.39 is 5.54 Å². The van der Waals surface area contributed by atoms with Gasteiger partial charge >= 0.3 is 0 Å². The van der Waals surface area contributed by atoms with Gasteiger partial charge in [0.1, 0.15) is 5.75 Å². The van der Waals surface area contributed by atoms with E-state index in [0.29, 0.717) is 11.7 Å². The van der Waals surface area contributed by atoms with E-state index in [1.807, 2.05) is 27.7 Å². The maximum Gasteiger partial charge on any atom is 0.264 e. The molecular weight excluding hydrogens is 254 g/mol. The predicted octanol–water partition coefficient (Wildman–Crippen LogP) is 2.77. The van der Waals surface area contributed by atoms with Crippen molar-refractivity contribution in [3.05, 3.63) is 40.5 Å². The Hall–Kier alpha value is -1.88. The SMILES string of the molecule is Cc1cc(C)c(OCc2nc(C(C)(C)N)no2)c(C)c1. The molecule has 5 nitrogen and oxygen atoms in total. The van der Waals surface area contributed by atoms with Gasteiger partial charge in [0.15, 0.2) is 12.4 Å². The lowest BCUT2D eigenvalue weighted by atomic mass is 10.1.